The maximum absolute atomic E-state index is 12.8. The van der Waals surface area contributed by atoms with Crippen molar-refractivity contribution in [3.8, 4) is 5.75 Å². The zero-order valence-electron chi connectivity index (χ0n) is 14.7. The molecular weight excluding hydrogens is 332 g/mol. The number of carbonyl (C=O) groups is 3. The zero-order chi connectivity index (χ0) is 18.8. The lowest BCUT2D eigenvalue weighted by molar-refractivity contribution is -0.122. The Morgan fingerprint density at radius 3 is 2.46 bits per heavy atom. The van der Waals surface area contributed by atoms with E-state index in [0.29, 0.717) is 17.0 Å². The molecule has 2 aromatic carbocycles. The molecule has 0 spiro atoms. The zero-order valence-corrected chi connectivity index (χ0v) is 14.7. The Kier molecular flexibility index (Phi) is 4.58. The van der Waals surface area contributed by atoms with E-state index in [1.54, 1.807) is 43.5 Å². The summed E-state index contributed by atoms with van der Waals surface area (Å²) >= 11 is 0. The largest absolute Gasteiger partial charge is 0.497 e. The van der Waals surface area contributed by atoms with Crippen LogP contribution >= 0.6 is 0 Å². The number of rotatable bonds is 3. The third kappa shape index (κ3) is 3.21. The van der Waals surface area contributed by atoms with Gasteiger partial charge in [-0.1, -0.05) is 18.2 Å². The number of benzene rings is 2. The number of methoxy groups -OCH3 is 1. The minimum absolute atomic E-state index is 0.0978. The minimum Gasteiger partial charge on any atom is -0.497 e. The van der Waals surface area contributed by atoms with E-state index in [1.807, 2.05) is 19.9 Å². The number of urea groups is 1. The van der Waals surface area contributed by atoms with Crippen LogP contribution in [0.4, 0.5) is 10.5 Å². The molecular formula is C20H18N2O4. The van der Waals surface area contributed by atoms with Crippen molar-refractivity contribution in [1.29, 1.82) is 0 Å². The van der Waals surface area contributed by atoms with Crippen LogP contribution in [0.2, 0.25) is 0 Å². The second-order valence-corrected chi connectivity index (χ2v) is 6.02. The van der Waals surface area contributed by atoms with Gasteiger partial charge in [0.1, 0.15) is 11.3 Å². The fraction of sp³-hybridized carbons (Fsp3) is 0.150. The summed E-state index contributed by atoms with van der Waals surface area (Å²) in [6, 6.07) is 11.5. The van der Waals surface area contributed by atoms with Gasteiger partial charge in [-0.25, -0.2) is 9.69 Å². The lowest BCUT2D eigenvalue weighted by Crippen LogP contribution is -2.54. The molecule has 0 atom stereocenters. The van der Waals surface area contributed by atoms with Gasteiger partial charge in [0.05, 0.1) is 12.8 Å². The van der Waals surface area contributed by atoms with Crippen molar-refractivity contribution >= 4 is 29.6 Å². The van der Waals surface area contributed by atoms with E-state index >= 15 is 0 Å². The van der Waals surface area contributed by atoms with Crippen LogP contribution in [0, 0.1) is 13.8 Å². The molecule has 0 unspecified atom stereocenters. The van der Waals surface area contributed by atoms with Crippen LogP contribution in [0.5, 0.6) is 5.75 Å². The highest BCUT2D eigenvalue weighted by Gasteiger charge is 2.36. The number of ether oxygens (including phenoxy) is 1. The van der Waals surface area contributed by atoms with Gasteiger partial charge in [0.25, 0.3) is 11.8 Å². The second-order valence-electron chi connectivity index (χ2n) is 6.02. The van der Waals surface area contributed by atoms with Crippen molar-refractivity contribution in [2.24, 2.45) is 0 Å². The van der Waals surface area contributed by atoms with Crippen LogP contribution in [0.3, 0.4) is 0 Å². The van der Waals surface area contributed by atoms with Crippen LogP contribution in [0.1, 0.15) is 16.7 Å². The monoisotopic (exact) mass is 350 g/mol. The van der Waals surface area contributed by atoms with Gasteiger partial charge in [0.2, 0.25) is 0 Å². The molecule has 1 heterocycles. The highest BCUT2D eigenvalue weighted by atomic mass is 16.5. The Labute approximate surface area is 151 Å². The second kappa shape index (κ2) is 6.84. The number of carbonyl (C=O) groups excluding carboxylic acids is 3. The first-order chi connectivity index (χ1) is 12.4. The van der Waals surface area contributed by atoms with Crippen LogP contribution in [0.15, 0.2) is 48.0 Å². The summed E-state index contributed by atoms with van der Waals surface area (Å²) in [5, 5.41) is 2.22. The standard InChI is InChI=1S/C20H18N2O4/c1-12-5-4-6-15(9-12)22-19(24)17(18(23)21-20(22)25)11-14-7-8-16(26-3)10-13(14)2/h4-11H,1-3H3,(H,21,23,25)/b17-11-. The van der Waals surface area contributed by atoms with Crippen molar-refractivity contribution in [2.75, 3.05) is 12.0 Å². The lowest BCUT2D eigenvalue weighted by atomic mass is 10.0. The van der Waals surface area contributed by atoms with Crippen molar-refractivity contribution < 1.29 is 19.1 Å². The quantitative estimate of drug-likeness (QED) is 0.682. The maximum Gasteiger partial charge on any atom is 0.335 e. The smallest absolute Gasteiger partial charge is 0.335 e. The number of amides is 4. The van der Waals surface area contributed by atoms with E-state index in [-0.39, 0.29) is 5.57 Å². The van der Waals surface area contributed by atoms with Crippen LogP contribution in [-0.4, -0.2) is 25.0 Å². The molecule has 0 aromatic heterocycles. The Morgan fingerprint density at radius 1 is 1.04 bits per heavy atom. The first-order valence-electron chi connectivity index (χ1n) is 8.03. The van der Waals surface area contributed by atoms with Gasteiger partial charge in [0.15, 0.2) is 0 Å². The average Bonchev–Trinajstić information content (AvgIpc) is 2.59. The summed E-state index contributed by atoms with van der Waals surface area (Å²) in [4.78, 5) is 38.2. The molecule has 6 nitrogen and oxygen atoms in total. The van der Waals surface area contributed by atoms with Gasteiger partial charge in [-0.3, -0.25) is 14.9 Å². The molecule has 0 saturated carbocycles. The van der Waals surface area contributed by atoms with Crippen molar-refractivity contribution in [3.63, 3.8) is 0 Å². The summed E-state index contributed by atoms with van der Waals surface area (Å²) in [6.45, 7) is 3.71. The number of aryl methyl sites for hydroxylation is 2. The molecule has 3 rings (SSSR count). The maximum atomic E-state index is 12.8. The van der Waals surface area contributed by atoms with Crippen molar-refractivity contribution in [3.05, 3.63) is 64.7 Å². The van der Waals surface area contributed by atoms with Gasteiger partial charge in [-0.2, -0.15) is 0 Å². The van der Waals surface area contributed by atoms with Gasteiger partial charge in [-0.15, -0.1) is 0 Å². The summed E-state index contributed by atoms with van der Waals surface area (Å²) in [5.74, 6) is -0.681. The molecule has 1 fully saturated rings. The number of hydrogen-bond donors (Lipinski definition) is 1. The molecule has 1 aliphatic heterocycles. The van der Waals surface area contributed by atoms with E-state index in [9.17, 15) is 14.4 Å². The Balaban J connectivity index is 2.03. The van der Waals surface area contributed by atoms with Crippen molar-refractivity contribution in [2.45, 2.75) is 13.8 Å². The van der Waals surface area contributed by atoms with Gasteiger partial charge in [0, 0.05) is 0 Å². The van der Waals surface area contributed by atoms with Crippen molar-refractivity contribution in [1.82, 2.24) is 5.32 Å². The molecule has 2 aromatic rings. The highest BCUT2D eigenvalue weighted by molar-refractivity contribution is 6.39. The Hall–Kier alpha value is -3.41. The number of imide groups is 2. The summed E-state index contributed by atoms with van der Waals surface area (Å²) in [6.07, 6.45) is 1.49. The predicted molar refractivity (Wildman–Crippen MR) is 97.9 cm³/mol. The molecule has 0 bridgehead atoms. The fourth-order valence-corrected chi connectivity index (χ4v) is 2.75. The fourth-order valence-electron chi connectivity index (χ4n) is 2.75. The minimum atomic E-state index is -0.755. The third-order valence-corrected chi connectivity index (χ3v) is 4.14. The highest BCUT2D eigenvalue weighted by Crippen LogP contribution is 2.24. The van der Waals surface area contributed by atoms with E-state index in [4.69, 9.17) is 4.74 Å². The number of nitrogens with zero attached hydrogens (tertiary/aromatic N) is 1. The molecule has 6 heteroatoms. The SMILES string of the molecule is COc1ccc(/C=C2/C(=O)NC(=O)N(c3cccc(C)c3)C2=O)c(C)c1. The van der Waals surface area contributed by atoms with Crippen LogP contribution < -0.4 is 15.0 Å². The molecule has 26 heavy (non-hydrogen) atoms. The van der Waals surface area contributed by atoms with E-state index in [0.717, 1.165) is 16.0 Å². The van der Waals surface area contributed by atoms with E-state index in [1.165, 1.54) is 6.08 Å². The molecule has 4 amide bonds. The average molecular weight is 350 g/mol. The predicted octanol–water partition coefficient (Wildman–Crippen LogP) is 2.98. The Bertz CT molecular complexity index is 947. The van der Waals surface area contributed by atoms with E-state index in [2.05, 4.69) is 5.32 Å². The molecule has 0 aliphatic carbocycles. The summed E-state index contributed by atoms with van der Waals surface area (Å²) < 4.78 is 5.16. The number of nitrogens with one attached hydrogen (secondary N) is 1. The third-order valence-electron chi connectivity index (χ3n) is 4.14. The van der Waals surface area contributed by atoms with E-state index < -0.39 is 17.8 Å². The first kappa shape index (κ1) is 17.4. The first-order valence-corrected chi connectivity index (χ1v) is 8.03. The molecule has 1 saturated heterocycles. The molecule has 132 valence electrons. The Morgan fingerprint density at radius 2 is 1.81 bits per heavy atom. The van der Waals surface area contributed by atoms with Gasteiger partial charge >= 0.3 is 6.03 Å². The molecule has 0 radical (unpaired) electrons. The van der Waals surface area contributed by atoms with Crippen LogP contribution in [-0.2, 0) is 9.59 Å². The number of barbiturate groups is 1. The summed E-state index contributed by atoms with van der Waals surface area (Å²) in [5.41, 5.74) is 2.76. The molecule has 1 N–H and O–H groups in total. The lowest BCUT2D eigenvalue weighted by Gasteiger charge is -2.26. The topological polar surface area (TPSA) is 75.7 Å². The normalized spacial score (nSPS) is 16.0. The summed E-state index contributed by atoms with van der Waals surface area (Å²) in [7, 11) is 1.57. The number of hydrogen-bond acceptors (Lipinski definition) is 4. The number of anilines is 1. The van der Waals surface area contributed by atoms with Crippen LogP contribution in [0.25, 0.3) is 6.08 Å². The van der Waals surface area contributed by atoms with Gasteiger partial charge < -0.3 is 4.74 Å². The molecule has 1 aliphatic rings. The van der Waals surface area contributed by atoms with Gasteiger partial charge in [-0.05, 0) is 60.9 Å².